The number of guanidine groups is 2. The second kappa shape index (κ2) is 19.6. The molecule has 1 fully saturated rings. The Morgan fingerprint density at radius 2 is 1.11 bits per heavy atom. The van der Waals surface area contributed by atoms with Crippen molar-refractivity contribution in [2.75, 3.05) is 20.1 Å². The van der Waals surface area contributed by atoms with Crippen LogP contribution in [0.5, 0.6) is 5.75 Å². The Bertz CT molecular complexity index is 1890. The molecule has 5 atom stereocenters. The zero-order valence-corrected chi connectivity index (χ0v) is 31.0. The number of carbonyl (C=O) groups is 5. The molecule has 0 spiro atoms. The van der Waals surface area contributed by atoms with Gasteiger partial charge in [0.2, 0.25) is 29.5 Å². The van der Waals surface area contributed by atoms with E-state index in [1.54, 1.807) is 12.1 Å². The quantitative estimate of drug-likeness (QED) is 0.0632. The average molecular weight is 758 g/mol. The number of aromatic hydroxyl groups is 1. The summed E-state index contributed by atoms with van der Waals surface area (Å²) in [6, 6.07) is 13.7. The van der Waals surface area contributed by atoms with Crippen molar-refractivity contribution in [1.82, 2.24) is 26.2 Å². The molecule has 3 aromatic rings. The molecule has 1 aliphatic heterocycles. The smallest absolute Gasteiger partial charge is 0.245 e. The van der Waals surface area contributed by atoms with Gasteiger partial charge in [-0.05, 0) is 66.6 Å². The molecule has 1 saturated heterocycles. The number of likely N-dealkylation sites (N-methyl/N-ethyl adjacent to an activating group) is 1. The fourth-order valence-electron chi connectivity index (χ4n) is 6.15. The van der Waals surface area contributed by atoms with Gasteiger partial charge in [0.1, 0.15) is 36.0 Å². The van der Waals surface area contributed by atoms with E-state index in [1.165, 1.54) is 31.0 Å². The maximum Gasteiger partial charge on any atom is 0.245 e. The van der Waals surface area contributed by atoms with E-state index in [1.807, 2.05) is 42.5 Å². The van der Waals surface area contributed by atoms with Crippen molar-refractivity contribution in [3.8, 4) is 5.75 Å². The van der Waals surface area contributed by atoms with Gasteiger partial charge < -0.3 is 54.2 Å². The summed E-state index contributed by atoms with van der Waals surface area (Å²) in [7, 11) is 1.44. The average Bonchev–Trinajstić information content (AvgIpc) is 3.15. The number of fused-ring (bicyclic) bond motifs is 1. The normalized spacial score (nSPS) is 21.3. The van der Waals surface area contributed by atoms with Gasteiger partial charge in [-0.25, -0.2) is 0 Å². The van der Waals surface area contributed by atoms with Crippen LogP contribution in [-0.2, 0) is 36.8 Å². The van der Waals surface area contributed by atoms with Crippen molar-refractivity contribution >= 4 is 52.2 Å². The Morgan fingerprint density at radius 1 is 0.636 bits per heavy atom. The molecule has 0 aliphatic carbocycles. The zero-order chi connectivity index (χ0) is 40.1. The molecule has 17 nitrogen and oxygen atoms in total. The Hall–Kier alpha value is -6.39. The largest absolute Gasteiger partial charge is 0.508 e. The molecule has 13 N–H and O–H groups in total. The summed E-state index contributed by atoms with van der Waals surface area (Å²) in [5.41, 5.74) is 23.3. The van der Waals surface area contributed by atoms with Crippen molar-refractivity contribution in [2.45, 2.75) is 75.7 Å². The van der Waals surface area contributed by atoms with Crippen LogP contribution in [0.1, 0.15) is 43.7 Å². The minimum atomic E-state index is -1.20. The summed E-state index contributed by atoms with van der Waals surface area (Å²) in [6.45, 7) is 1.83. The van der Waals surface area contributed by atoms with Crippen molar-refractivity contribution in [3.05, 3.63) is 77.9 Å². The Kier molecular flexibility index (Phi) is 14.8. The molecule has 1 aliphatic rings. The van der Waals surface area contributed by atoms with Gasteiger partial charge in [-0.15, -0.1) is 0 Å². The number of hydrogen-bond donors (Lipinski definition) is 9. The van der Waals surface area contributed by atoms with Gasteiger partial charge in [-0.1, -0.05) is 54.6 Å². The number of phenols is 1. The number of hydrogen-bond acceptors (Lipinski definition) is 8. The standard InChI is InChI=1S/C38H51N11O6/c1-22-32(51)47-30(20-23-12-15-27(50)16-13-23)35(54)46-28(9-5-17-43-37(39)40)33(52)45-29(10-6-18-44-38(41)42)34(53)48-31(36(55)49(22)2)21-24-11-14-25-7-3-4-8-26(25)19-24/h3-4,7-8,11-16,19,22,28-31,50H,5-6,9-10,17-18,20-21H2,1-2H3,(H,45,52)(H,46,54)(H,47,51)(H,48,53)(H4,39,40,43)(H4,41,42,44)/t22-,28-,29-,30+,31-/m0/s1. The van der Waals surface area contributed by atoms with Crippen LogP contribution in [0, 0.1) is 0 Å². The number of aliphatic imine (C=N–C) groups is 2. The second-order valence-corrected chi connectivity index (χ2v) is 13.5. The lowest BCUT2D eigenvalue weighted by Crippen LogP contribution is -2.58. The first-order valence-electron chi connectivity index (χ1n) is 18.1. The Balaban J connectivity index is 1.74. The van der Waals surface area contributed by atoms with E-state index >= 15 is 0 Å². The number of benzene rings is 3. The first-order valence-corrected chi connectivity index (χ1v) is 18.1. The van der Waals surface area contributed by atoms with E-state index in [4.69, 9.17) is 22.9 Å². The van der Waals surface area contributed by atoms with Crippen LogP contribution in [0.3, 0.4) is 0 Å². The zero-order valence-electron chi connectivity index (χ0n) is 31.0. The van der Waals surface area contributed by atoms with E-state index in [-0.39, 0.29) is 69.3 Å². The minimum absolute atomic E-state index is 0.0113. The maximum absolute atomic E-state index is 14.2. The summed E-state index contributed by atoms with van der Waals surface area (Å²) in [5, 5.41) is 22.8. The van der Waals surface area contributed by atoms with Gasteiger partial charge >= 0.3 is 0 Å². The third-order valence-corrected chi connectivity index (χ3v) is 9.34. The van der Waals surface area contributed by atoms with Crippen LogP contribution in [-0.4, -0.2) is 102 Å². The lowest BCUT2D eigenvalue weighted by atomic mass is 9.99. The lowest BCUT2D eigenvalue weighted by molar-refractivity contribution is -0.142. The van der Waals surface area contributed by atoms with E-state index in [0.717, 1.165) is 16.3 Å². The molecule has 5 amide bonds. The third kappa shape index (κ3) is 12.3. The van der Waals surface area contributed by atoms with Crippen LogP contribution in [0.25, 0.3) is 10.8 Å². The predicted molar refractivity (Wildman–Crippen MR) is 209 cm³/mol. The molecule has 3 aromatic carbocycles. The number of nitrogens with two attached hydrogens (primary N) is 4. The Labute approximate surface area is 319 Å². The van der Waals surface area contributed by atoms with Crippen LogP contribution in [0.4, 0.5) is 0 Å². The molecular formula is C38H51N11O6. The van der Waals surface area contributed by atoms with Gasteiger partial charge in [0.25, 0.3) is 0 Å². The highest BCUT2D eigenvalue weighted by molar-refractivity contribution is 5.98. The number of carbonyl (C=O) groups excluding carboxylic acids is 5. The lowest BCUT2D eigenvalue weighted by Gasteiger charge is -2.30. The monoisotopic (exact) mass is 757 g/mol. The fourth-order valence-corrected chi connectivity index (χ4v) is 6.15. The van der Waals surface area contributed by atoms with E-state index in [0.29, 0.717) is 5.56 Å². The molecule has 55 heavy (non-hydrogen) atoms. The van der Waals surface area contributed by atoms with Crippen LogP contribution < -0.4 is 44.2 Å². The molecule has 17 heteroatoms. The van der Waals surface area contributed by atoms with Crippen LogP contribution in [0.15, 0.2) is 76.7 Å². The van der Waals surface area contributed by atoms with Crippen molar-refractivity contribution in [1.29, 1.82) is 0 Å². The number of rotatable bonds is 12. The van der Waals surface area contributed by atoms with Crippen molar-refractivity contribution < 1.29 is 29.1 Å². The summed E-state index contributed by atoms with van der Waals surface area (Å²) in [6.07, 6.45) is 0.763. The molecular weight excluding hydrogens is 706 g/mol. The fraction of sp³-hybridized carbons (Fsp3) is 0.395. The highest BCUT2D eigenvalue weighted by atomic mass is 16.3. The molecule has 1 heterocycles. The Morgan fingerprint density at radius 3 is 1.67 bits per heavy atom. The van der Waals surface area contributed by atoms with E-state index < -0.39 is 59.7 Å². The minimum Gasteiger partial charge on any atom is -0.508 e. The van der Waals surface area contributed by atoms with Gasteiger partial charge in [0.15, 0.2) is 11.9 Å². The van der Waals surface area contributed by atoms with Gasteiger partial charge in [0.05, 0.1) is 0 Å². The topological polar surface area (TPSA) is 286 Å². The third-order valence-electron chi connectivity index (χ3n) is 9.34. The summed E-state index contributed by atoms with van der Waals surface area (Å²) >= 11 is 0. The second-order valence-electron chi connectivity index (χ2n) is 13.5. The highest BCUT2D eigenvalue weighted by Crippen LogP contribution is 2.18. The number of amides is 5. The summed E-state index contributed by atoms with van der Waals surface area (Å²) < 4.78 is 0. The predicted octanol–water partition coefficient (Wildman–Crippen LogP) is -0.762. The number of phenolic OH excluding ortho intramolecular Hbond substituents is 1. The highest BCUT2D eigenvalue weighted by Gasteiger charge is 2.35. The molecule has 0 aromatic heterocycles. The van der Waals surface area contributed by atoms with Crippen LogP contribution >= 0.6 is 0 Å². The van der Waals surface area contributed by atoms with Crippen molar-refractivity contribution in [3.63, 3.8) is 0 Å². The van der Waals surface area contributed by atoms with Crippen LogP contribution in [0.2, 0.25) is 0 Å². The summed E-state index contributed by atoms with van der Waals surface area (Å²) in [4.78, 5) is 79.3. The summed E-state index contributed by atoms with van der Waals surface area (Å²) in [5.74, 6) is -3.52. The number of nitrogens with one attached hydrogen (secondary N) is 4. The first-order chi connectivity index (χ1) is 26.2. The van der Waals surface area contributed by atoms with Gasteiger partial charge in [-0.3, -0.25) is 34.0 Å². The molecule has 0 bridgehead atoms. The molecule has 0 unspecified atom stereocenters. The van der Waals surface area contributed by atoms with Gasteiger partial charge in [-0.2, -0.15) is 0 Å². The van der Waals surface area contributed by atoms with Gasteiger partial charge in [0, 0.05) is 33.0 Å². The molecule has 294 valence electrons. The first kappa shape index (κ1) is 41.4. The molecule has 0 radical (unpaired) electrons. The van der Waals surface area contributed by atoms with E-state index in [9.17, 15) is 29.1 Å². The maximum atomic E-state index is 14.2. The molecule has 4 rings (SSSR count). The molecule has 0 saturated carbocycles. The van der Waals surface area contributed by atoms with Crippen molar-refractivity contribution in [2.24, 2.45) is 32.9 Å². The van der Waals surface area contributed by atoms with E-state index in [2.05, 4.69) is 31.3 Å². The SMILES string of the molecule is C[C@H]1C(=O)N[C@H](Cc2ccc(O)cc2)C(=O)N[C@@H](CCCN=C(N)N)C(=O)N[C@@H](CCCN=C(N)N)C(=O)N[C@@H](Cc2ccc3ccccc3c2)C(=O)N1C. The number of nitrogens with zero attached hydrogens (tertiary/aromatic N) is 3.